The predicted molar refractivity (Wildman–Crippen MR) is 69.2 cm³/mol. The van der Waals surface area contributed by atoms with E-state index in [0.29, 0.717) is 0 Å². The van der Waals surface area contributed by atoms with Gasteiger partial charge in [0.05, 0.1) is 11.1 Å². The molecule has 0 aliphatic carbocycles. The van der Waals surface area contributed by atoms with Crippen LogP contribution in [0, 0.1) is 24.1 Å². The molecule has 0 aliphatic heterocycles. The molecule has 0 amide bonds. The van der Waals surface area contributed by atoms with Crippen LogP contribution in [0.15, 0.2) is 23.1 Å². The minimum Gasteiger partial charge on any atom is -0.207 e. The molecular weight excluding hydrogens is 277 g/mol. The van der Waals surface area contributed by atoms with Gasteiger partial charge in [0.25, 0.3) is 0 Å². The van der Waals surface area contributed by atoms with E-state index in [1.807, 2.05) is 0 Å². The molecule has 0 aromatic heterocycles. The van der Waals surface area contributed by atoms with Crippen molar-refractivity contribution in [2.24, 2.45) is 5.92 Å². The first-order chi connectivity index (χ1) is 8.27. The molecule has 98 valence electrons. The molecule has 3 nitrogen and oxygen atoms in total. The zero-order valence-electron chi connectivity index (χ0n) is 9.94. The van der Waals surface area contributed by atoms with Crippen LogP contribution in [-0.4, -0.2) is 14.5 Å². The highest BCUT2D eigenvalue weighted by Gasteiger charge is 2.23. The van der Waals surface area contributed by atoms with Crippen molar-refractivity contribution < 1.29 is 12.8 Å². The Hall–Kier alpha value is -1.09. The van der Waals surface area contributed by atoms with Crippen molar-refractivity contribution >= 4 is 21.6 Å². The van der Waals surface area contributed by atoms with Gasteiger partial charge in [0.15, 0.2) is 0 Å². The lowest BCUT2D eigenvalue weighted by atomic mass is 10.1. The fourth-order valence-electron chi connectivity index (χ4n) is 1.28. The Morgan fingerprint density at radius 1 is 1.44 bits per heavy atom. The zero-order chi connectivity index (χ0) is 13.9. The van der Waals surface area contributed by atoms with E-state index in [1.165, 1.54) is 6.07 Å². The van der Waals surface area contributed by atoms with Gasteiger partial charge in [-0.15, -0.1) is 6.42 Å². The first-order valence-corrected chi connectivity index (χ1v) is 7.07. The van der Waals surface area contributed by atoms with Gasteiger partial charge < -0.3 is 0 Å². The molecule has 1 aromatic carbocycles. The number of hydrogen-bond donors (Lipinski definition) is 1. The maximum Gasteiger partial charge on any atom is 0.243 e. The number of hydrogen-bond acceptors (Lipinski definition) is 2. The van der Waals surface area contributed by atoms with Crippen molar-refractivity contribution in [1.29, 1.82) is 0 Å². The van der Waals surface area contributed by atoms with Crippen LogP contribution in [0.2, 0.25) is 5.02 Å². The molecule has 18 heavy (non-hydrogen) atoms. The smallest absolute Gasteiger partial charge is 0.207 e. The first-order valence-electron chi connectivity index (χ1n) is 5.21. The Morgan fingerprint density at radius 2 is 2.06 bits per heavy atom. The number of sulfonamides is 1. The van der Waals surface area contributed by atoms with Crippen LogP contribution >= 0.6 is 11.6 Å². The fourth-order valence-corrected chi connectivity index (χ4v) is 3.09. The molecular formula is C12H13ClFNO2S. The van der Waals surface area contributed by atoms with Crippen molar-refractivity contribution in [2.45, 2.75) is 24.8 Å². The average Bonchev–Trinajstić information content (AvgIpc) is 2.28. The highest BCUT2D eigenvalue weighted by atomic mass is 35.5. The standard InChI is InChI=1S/C12H13ClFNO2S/c1-4-11(8(2)3)15-18(16,17)12-7-9(14)5-6-10(12)13/h1,5-8,11,15H,2-3H3. The summed E-state index contributed by atoms with van der Waals surface area (Å²) in [5, 5.41) is -0.0524. The highest BCUT2D eigenvalue weighted by molar-refractivity contribution is 7.89. The maximum absolute atomic E-state index is 13.1. The maximum atomic E-state index is 13.1. The minimum atomic E-state index is -3.93. The van der Waals surface area contributed by atoms with Crippen LogP contribution in [0.1, 0.15) is 13.8 Å². The molecule has 0 fully saturated rings. The van der Waals surface area contributed by atoms with Crippen molar-refractivity contribution in [1.82, 2.24) is 4.72 Å². The molecule has 1 N–H and O–H groups in total. The molecule has 0 saturated heterocycles. The Bertz CT molecular complexity index is 578. The van der Waals surface area contributed by atoms with Gasteiger partial charge in [-0.3, -0.25) is 0 Å². The van der Waals surface area contributed by atoms with E-state index >= 15 is 0 Å². The molecule has 0 radical (unpaired) electrons. The van der Waals surface area contributed by atoms with Gasteiger partial charge in [0, 0.05) is 0 Å². The van der Waals surface area contributed by atoms with Crippen molar-refractivity contribution in [3.05, 3.63) is 29.0 Å². The molecule has 0 saturated carbocycles. The van der Waals surface area contributed by atoms with E-state index in [-0.39, 0.29) is 15.8 Å². The van der Waals surface area contributed by atoms with Gasteiger partial charge >= 0.3 is 0 Å². The van der Waals surface area contributed by atoms with Gasteiger partial charge in [0.2, 0.25) is 10.0 Å². The molecule has 0 spiro atoms. The van der Waals surface area contributed by atoms with E-state index in [2.05, 4.69) is 10.6 Å². The Balaban J connectivity index is 3.15. The summed E-state index contributed by atoms with van der Waals surface area (Å²) < 4.78 is 39.4. The van der Waals surface area contributed by atoms with Crippen molar-refractivity contribution in [2.75, 3.05) is 0 Å². The Kier molecular flexibility index (Phi) is 4.74. The second kappa shape index (κ2) is 5.70. The lowest BCUT2D eigenvalue weighted by Crippen LogP contribution is -2.37. The summed E-state index contributed by atoms with van der Waals surface area (Å²) in [7, 11) is -3.93. The zero-order valence-corrected chi connectivity index (χ0v) is 11.5. The normalized spacial score (nSPS) is 13.3. The van der Waals surface area contributed by atoms with Crippen LogP contribution in [0.4, 0.5) is 4.39 Å². The molecule has 6 heteroatoms. The second-order valence-corrected chi connectivity index (χ2v) is 6.17. The summed E-state index contributed by atoms with van der Waals surface area (Å²) in [4.78, 5) is -0.315. The molecule has 1 aromatic rings. The summed E-state index contributed by atoms with van der Waals surface area (Å²) in [5.74, 6) is 1.57. The summed E-state index contributed by atoms with van der Waals surface area (Å²) in [6.07, 6.45) is 5.24. The number of halogens is 2. The molecule has 0 aliphatic rings. The summed E-state index contributed by atoms with van der Waals surface area (Å²) in [6, 6.07) is 2.46. The van der Waals surface area contributed by atoms with Gasteiger partial charge in [0.1, 0.15) is 10.7 Å². The van der Waals surface area contributed by atoms with E-state index in [1.54, 1.807) is 13.8 Å². The van der Waals surface area contributed by atoms with Crippen LogP contribution in [0.3, 0.4) is 0 Å². The van der Waals surface area contributed by atoms with E-state index in [0.717, 1.165) is 12.1 Å². The SMILES string of the molecule is C#CC(NS(=O)(=O)c1cc(F)ccc1Cl)C(C)C. The van der Waals surface area contributed by atoms with Gasteiger partial charge in [-0.05, 0) is 24.1 Å². The lowest BCUT2D eigenvalue weighted by Gasteiger charge is -2.17. The largest absolute Gasteiger partial charge is 0.243 e. The monoisotopic (exact) mass is 289 g/mol. The molecule has 0 heterocycles. The van der Waals surface area contributed by atoms with Crippen LogP contribution in [0.25, 0.3) is 0 Å². The van der Waals surface area contributed by atoms with Crippen molar-refractivity contribution in [3.63, 3.8) is 0 Å². The third-order valence-corrected chi connectivity index (χ3v) is 4.23. The number of terminal acetylenes is 1. The van der Waals surface area contributed by atoms with Gasteiger partial charge in [-0.25, -0.2) is 12.8 Å². The van der Waals surface area contributed by atoms with E-state index < -0.39 is 21.9 Å². The van der Waals surface area contributed by atoms with Crippen LogP contribution < -0.4 is 4.72 Å². The molecule has 1 atom stereocenters. The van der Waals surface area contributed by atoms with E-state index in [4.69, 9.17) is 18.0 Å². The summed E-state index contributed by atoms with van der Waals surface area (Å²) in [5.41, 5.74) is 0. The highest BCUT2D eigenvalue weighted by Crippen LogP contribution is 2.22. The quantitative estimate of drug-likeness (QED) is 0.865. The fraction of sp³-hybridized carbons (Fsp3) is 0.333. The lowest BCUT2D eigenvalue weighted by molar-refractivity contribution is 0.517. The molecule has 1 unspecified atom stereocenters. The minimum absolute atomic E-state index is 0.0524. The summed E-state index contributed by atoms with van der Waals surface area (Å²) >= 11 is 5.75. The topological polar surface area (TPSA) is 46.2 Å². The average molecular weight is 290 g/mol. The van der Waals surface area contributed by atoms with Crippen LogP contribution in [-0.2, 0) is 10.0 Å². The van der Waals surface area contributed by atoms with Gasteiger partial charge in [-0.1, -0.05) is 31.4 Å². The molecule has 0 bridgehead atoms. The van der Waals surface area contributed by atoms with Crippen molar-refractivity contribution in [3.8, 4) is 12.3 Å². The Morgan fingerprint density at radius 3 is 2.56 bits per heavy atom. The second-order valence-electron chi connectivity index (χ2n) is 4.08. The van der Waals surface area contributed by atoms with Crippen LogP contribution in [0.5, 0.6) is 0 Å². The predicted octanol–water partition coefficient (Wildman–Crippen LogP) is 2.42. The third-order valence-electron chi connectivity index (χ3n) is 2.31. The third kappa shape index (κ3) is 3.45. The Labute approximate surface area is 111 Å². The molecule has 1 rings (SSSR count). The number of nitrogens with one attached hydrogen (secondary N) is 1. The first kappa shape index (κ1) is 15.0. The number of rotatable bonds is 4. The van der Waals surface area contributed by atoms with Gasteiger partial charge in [-0.2, -0.15) is 4.72 Å². The number of benzene rings is 1. The van der Waals surface area contributed by atoms with E-state index in [9.17, 15) is 12.8 Å². The summed E-state index contributed by atoms with van der Waals surface area (Å²) in [6.45, 7) is 3.56.